The SMILES string of the molecule is CC(=O)N1CCc2cc(Nc3ccc(CC(=O)O)cc3)ccc21. The minimum atomic E-state index is -0.834. The lowest BCUT2D eigenvalue weighted by molar-refractivity contribution is -0.136. The number of anilines is 3. The molecule has 1 aliphatic rings. The van der Waals surface area contributed by atoms with Gasteiger partial charge in [-0.2, -0.15) is 0 Å². The van der Waals surface area contributed by atoms with E-state index in [1.54, 1.807) is 24.0 Å². The molecule has 23 heavy (non-hydrogen) atoms. The lowest BCUT2D eigenvalue weighted by Gasteiger charge is -2.15. The molecule has 0 saturated heterocycles. The van der Waals surface area contributed by atoms with Crippen LogP contribution in [0.2, 0.25) is 0 Å². The zero-order chi connectivity index (χ0) is 16.4. The van der Waals surface area contributed by atoms with Gasteiger partial charge in [-0.05, 0) is 47.9 Å². The Kier molecular flexibility index (Phi) is 4.02. The molecule has 0 radical (unpaired) electrons. The first kappa shape index (κ1) is 15.1. The fourth-order valence-corrected chi connectivity index (χ4v) is 2.85. The molecule has 2 aromatic rings. The average Bonchev–Trinajstić information content (AvgIpc) is 2.92. The number of aliphatic carboxylic acids is 1. The molecule has 0 fully saturated rings. The second-order valence-corrected chi connectivity index (χ2v) is 5.66. The maximum Gasteiger partial charge on any atom is 0.307 e. The number of carbonyl (C=O) groups excluding carboxylic acids is 1. The van der Waals surface area contributed by atoms with Gasteiger partial charge in [-0.25, -0.2) is 0 Å². The molecule has 118 valence electrons. The van der Waals surface area contributed by atoms with Crippen LogP contribution in [0.4, 0.5) is 17.1 Å². The van der Waals surface area contributed by atoms with Gasteiger partial charge >= 0.3 is 5.97 Å². The van der Waals surface area contributed by atoms with Crippen LogP contribution < -0.4 is 10.2 Å². The number of rotatable bonds is 4. The molecule has 1 heterocycles. The number of hydrogen-bond acceptors (Lipinski definition) is 3. The van der Waals surface area contributed by atoms with Gasteiger partial charge in [-0.3, -0.25) is 9.59 Å². The molecular weight excluding hydrogens is 292 g/mol. The summed E-state index contributed by atoms with van der Waals surface area (Å²) in [6.07, 6.45) is 0.891. The quantitative estimate of drug-likeness (QED) is 0.911. The lowest BCUT2D eigenvalue weighted by Crippen LogP contribution is -2.25. The number of nitrogens with one attached hydrogen (secondary N) is 1. The van der Waals surface area contributed by atoms with Crippen molar-refractivity contribution in [2.24, 2.45) is 0 Å². The molecule has 0 unspecified atom stereocenters. The highest BCUT2D eigenvalue weighted by molar-refractivity contribution is 5.94. The predicted octanol–water partition coefficient (Wildman–Crippen LogP) is 2.97. The summed E-state index contributed by atoms with van der Waals surface area (Å²) in [5.74, 6) is -0.766. The van der Waals surface area contributed by atoms with Crippen LogP contribution >= 0.6 is 0 Å². The van der Waals surface area contributed by atoms with Crippen molar-refractivity contribution < 1.29 is 14.7 Å². The Bertz CT molecular complexity index is 753. The van der Waals surface area contributed by atoms with E-state index < -0.39 is 5.97 Å². The monoisotopic (exact) mass is 310 g/mol. The van der Waals surface area contributed by atoms with Crippen molar-refractivity contribution in [3.05, 3.63) is 53.6 Å². The summed E-state index contributed by atoms with van der Waals surface area (Å²) in [5.41, 5.74) is 4.78. The van der Waals surface area contributed by atoms with Gasteiger partial charge in [-0.1, -0.05) is 12.1 Å². The first-order valence-electron chi connectivity index (χ1n) is 7.52. The smallest absolute Gasteiger partial charge is 0.307 e. The molecule has 2 N–H and O–H groups in total. The van der Waals surface area contributed by atoms with Gasteiger partial charge < -0.3 is 15.3 Å². The highest BCUT2D eigenvalue weighted by atomic mass is 16.4. The number of benzene rings is 2. The molecular formula is C18H18N2O3. The number of carbonyl (C=O) groups is 2. The molecule has 1 amide bonds. The van der Waals surface area contributed by atoms with Crippen LogP contribution in [0.15, 0.2) is 42.5 Å². The summed E-state index contributed by atoms with van der Waals surface area (Å²) in [6, 6.07) is 13.3. The summed E-state index contributed by atoms with van der Waals surface area (Å²) in [4.78, 5) is 24.0. The van der Waals surface area contributed by atoms with Crippen LogP contribution in [-0.4, -0.2) is 23.5 Å². The van der Waals surface area contributed by atoms with Gasteiger partial charge in [0.05, 0.1) is 6.42 Å². The molecule has 0 saturated carbocycles. The van der Waals surface area contributed by atoms with Crippen molar-refractivity contribution in [2.45, 2.75) is 19.8 Å². The van der Waals surface area contributed by atoms with Crippen molar-refractivity contribution in [3.63, 3.8) is 0 Å². The Morgan fingerprint density at radius 2 is 1.83 bits per heavy atom. The number of nitrogens with zero attached hydrogens (tertiary/aromatic N) is 1. The fraction of sp³-hybridized carbons (Fsp3) is 0.222. The van der Waals surface area contributed by atoms with Crippen molar-refractivity contribution in [1.82, 2.24) is 0 Å². The van der Waals surface area contributed by atoms with Crippen molar-refractivity contribution in [2.75, 3.05) is 16.8 Å². The Labute approximate surface area is 134 Å². The number of carboxylic acids is 1. The third-order valence-electron chi connectivity index (χ3n) is 3.95. The second-order valence-electron chi connectivity index (χ2n) is 5.66. The number of carboxylic acid groups (broad SMARTS) is 1. The van der Waals surface area contributed by atoms with Crippen LogP contribution in [0.3, 0.4) is 0 Å². The maximum absolute atomic E-state index is 11.6. The first-order chi connectivity index (χ1) is 11.0. The molecule has 0 spiro atoms. The summed E-state index contributed by atoms with van der Waals surface area (Å²) in [5, 5.41) is 12.1. The van der Waals surface area contributed by atoms with E-state index in [1.807, 2.05) is 24.3 Å². The number of fused-ring (bicyclic) bond motifs is 1. The van der Waals surface area contributed by atoms with Gasteiger partial charge in [-0.15, -0.1) is 0 Å². The van der Waals surface area contributed by atoms with Crippen LogP contribution in [0.5, 0.6) is 0 Å². The third kappa shape index (κ3) is 3.34. The van der Waals surface area contributed by atoms with Crippen LogP contribution in [0.25, 0.3) is 0 Å². The predicted molar refractivity (Wildman–Crippen MR) is 89.2 cm³/mol. The summed E-state index contributed by atoms with van der Waals surface area (Å²) in [7, 11) is 0. The third-order valence-corrected chi connectivity index (χ3v) is 3.95. The Hall–Kier alpha value is -2.82. The summed E-state index contributed by atoms with van der Waals surface area (Å²) >= 11 is 0. The average molecular weight is 310 g/mol. The Morgan fingerprint density at radius 3 is 2.48 bits per heavy atom. The maximum atomic E-state index is 11.6. The highest BCUT2D eigenvalue weighted by Crippen LogP contribution is 2.31. The zero-order valence-electron chi connectivity index (χ0n) is 12.9. The normalized spacial score (nSPS) is 12.8. The van der Waals surface area contributed by atoms with E-state index in [1.165, 1.54) is 0 Å². The summed E-state index contributed by atoms with van der Waals surface area (Å²) < 4.78 is 0. The molecule has 0 bridgehead atoms. The van der Waals surface area contributed by atoms with Crippen LogP contribution in [0, 0.1) is 0 Å². The topological polar surface area (TPSA) is 69.6 Å². The van der Waals surface area contributed by atoms with E-state index in [-0.39, 0.29) is 12.3 Å². The Morgan fingerprint density at radius 1 is 1.13 bits per heavy atom. The van der Waals surface area contributed by atoms with Gasteiger partial charge in [0.2, 0.25) is 5.91 Å². The van der Waals surface area contributed by atoms with Crippen molar-refractivity contribution in [1.29, 1.82) is 0 Å². The van der Waals surface area contributed by atoms with E-state index in [9.17, 15) is 9.59 Å². The Balaban J connectivity index is 1.74. The van der Waals surface area contributed by atoms with E-state index in [4.69, 9.17) is 5.11 Å². The van der Waals surface area contributed by atoms with E-state index in [0.717, 1.165) is 41.2 Å². The fourth-order valence-electron chi connectivity index (χ4n) is 2.85. The van der Waals surface area contributed by atoms with Gasteiger partial charge in [0.15, 0.2) is 0 Å². The number of hydrogen-bond donors (Lipinski definition) is 2. The van der Waals surface area contributed by atoms with Gasteiger partial charge in [0.25, 0.3) is 0 Å². The lowest BCUT2D eigenvalue weighted by atomic mass is 10.1. The molecule has 5 nitrogen and oxygen atoms in total. The summed E-state index contributed by atoms with van der Waals surface area (Å²) in [6.45, 7) is 2.32. The highest BCUT2D eigenvalue weighted by Gasteiger charge is 2.22. The molecule has 0 aromatic heterocycles. The van der Waals surface area contributed by atoms with Crippen LogP contribution in [-0.2, 0) is 22.4 Å². The molecule has 0 atom stereocenters. The van der Waals surface area contributed by atoms with Crippen molar-refractivity contribution in [3.8, 4) is 0 Å². The first-order valence-corrected chi connectivity index (χ1v) is 7.52. The van der Waals surface area contributed by atoms with E-state index >= 15 is 0 Å². The zero-order valence-corrected chi connectivity index (χ0v) is 12.9. The van der Waals surface area contributed by atoms with E-state index in [0.29, 0.717) is 0 Å². The number of amides is 1. The van der Waals surface area contributed by atoms with E-state index in [2.05, 4.69) is 11.4 Å². The van der Waals surface area contributed by atoms with Crippen molar-refractivity contribution >= 4 is 28.9 Å². The standard InChI is InChI=1S/C18H18N2O3/c1-12(21)20-9-8-14-11-16(6-7-17(14)20)19-15-4-2-13(3-5-15)10-18(22)23/h2-7,11,19H,8-10H2,1H3,(H,22,23). The largest absolute Gasteiger partial charge is 0.481 e. The molecule has 2 aromatic carbocycles. The second kappa shape index (κ2) is 6.12. The molecule has 1 aliphatic heterocycles. The minimum Gasteiger partial charge on any atom is -0.481 e. The molecule has 5 heteroatoms. The van der Waals surface area contributed by atoms with Gasteiger partial charge in [0.1, 0.15) is 0 Å². The van der Waals surface area contributed by atoms with Crippen LogP contribution in [0.1, 0.15) is 18.1 Å². The van der Waals surface area contributed by atoms with Gasteiger partial charge in [0, 0.05) is 30.5 Å². The minimum absolute atomic E-state index is 0.0278. The molecule has 3 rings (SSSR count). The molecule has 0 aliphatic carbocycles.